The standard InChI is InChI=1S/C13H24N2O2/c1-13(2,3)12(17)10(14)6-7-11(16)15-8-4-5-9-15/h10H,4-9,14H2,1-3H3. The van der Waals surface area contributed by atoms with Crippen LogP contribution in [0.25, 0.3) is 0 Å². The van der Waals surface area contributed by atoms with Crippen LogP contribution in [0.15, 0.2) is 0 Å². The van der Waals surface area contributed by atoms with Crippen molar-refractivity contribution in [3.05, 3.63) is 0 Å². The van der Waals surface area contributed by atoms with Gasteiger partial charge in [0.05, 0.1) is 6.04 Å². The summed E-state index contributed by atoms with van der Waals surface area (Å²) >= 11 is 0. The summed E-state index contributed by atoms with van der Waals surface area (Å²) < 4.78 is 0. The van der Waals surface area contributed by atoms with Crippen LogP contribution in [-0.2, 0) is 9.59 Å². The maximum absolute atomic E-state index is 11.8. The van der Waals surface area contributed by atoms with Crippen molar-refractivity contribution in [2.75, 3.05) is 13.1 Å². The van der Waals surface area contributed by atoms with Crippen molar-refractivity contribution in [1.29, 1.82) is 0 Å². The molecule has 0 saturated carbocycles. The second kappa shape index (κ2) is 5.63. The van der Waals surface area contributed by atoms with Gasteiger partial charge in [0.2, 0.25) is 5.91 Å². The summed E-state index contributed by atoms with van der Waals surface area (Å²) in [4.78, 5) is 25.5. The number of Topliss-reactive ketones (excluding diaryl/α,β-unsaturated/α-hetero) is 1. The lowest BCUT2D eigenvalue weighted by Crippen LogP contribution is -2.40. The van der Waals surface area contributed by atoms with Crippen molar-refractivity contribution in [2.45, 2.75) is 52.5 Å². The van der Waals surface area contributed by atoms with E-state index in [0.717, 1.165) is 25.9 Å². The molecule has 0 bridgehead atoms. The predicted octanol–water partition coefficient (Wildman–Crippen LogP) is 1.33. The molecule has 1 aliphatic rings. The van der Waals surface area contributed by atoms with Crippen molar-refractivity contribution in [2.24, 2.45) is 11.1 Å². The third-order valence-corrected chi connectivity index (χ3v) is 3.20. The first-order chi connectivity index (χ1) is 7.82. The topological polar surface area (TPSA) is 63.4 Å². The van der Waals surface area contributed by atoms with E-state index < -0.39 is 11.5 Å². The maximum atomic E-state index is 11.8. The number of likely N-dealkylation sites (tertiary alicyclic amines) is 1. The minimum Gasteiger partial charge on any atom is -0.343 e. The average molecular weight is 240 g/mol. The molecule has 17 heavy (non-hydrogen) atoms. The number of rotatable bonds is 4. The van der Waals surface area contributed by atoms with Gasteiger partial charge in [-0.1, -0.05) is 20.8 Å². The van der Waals surface area contributed by atoms with Gasteiger partial charge < -0.3 is 10.6 Å². The molecule has 0 radical (unpaired) electrons. The summed E-state index contributed by atoms with van der Waals surface area (Å²) in [7, 11) is 0. The van der Waals surface area contributed by atoms with Gasteiger partial charge in [0.15, 0.2) is 5.78 Å². The summed E-state index contributed by atoms with van der Waals surface area (Å²) in [6, 6.07) is -0.512. The molecule has 0 aliphatic carbocycles. The quantitative estimate of drug-likeness (QED) is 0.806. The van der Waals surface area contributed by atoms with E-state index in [1.807, 2.05) is 25.7 Å². The number of carbonyl (C=O) groups excluding carboxylic acids is 2. The maximum Gasteiger partial charge on any atom is 0.222 e. The van der Waals surface area contributed by atoms with Crippen molar-refractivity contribution in [3.8, 4) is 0 Å². The van der Waals surface area contributed by atoms with Crippen molar-refractivity contribution in [1.82, 2.24) is 4.90 Å². The zero-order valence-electron chi connectivity index (χ0n) is 11.2. The Hall–Kier alpha value is -0.900. The number of amides is 1. The molecule has 1 saturated heterocycles. The van der Waals surface area contributed by atoms with Crippen LogP contribution in [0.1, 0.15) is 46.5 Å². The minimum atomic E-state index is -0.512. The van der Waals surface area contributed by atoms with E-state index in [2.05, 4.69) is 0 Å². The van der Waals surface area contributed by atoms with Gasteiger partial charge >= 0.3 is 0 Å². The SMILES string of the molecule is CC(C)(C)C(=O)C(N)CCC(=O)N1CCCC1. The highest BCUT2D eigenvalue weighted by Crippen LogP contribution is 2.18. The highest BCUT2D eigenvalue weighted by Gasteiger charge is 2.28. The second-order valence-electron chi connectivity index (χ2n) is 5.85. The fraction of sp³-hybridized carbons (Fsp3) is 0.846. The highest BCUT2D eigenvalue weighted by atomic mass is 16.2. The Bertz CT molecular complexity index is 288. The van der Waals surface area contributed by atoms with Gasteiger partial charge in [-0.05, 0) is 19.3 Å². The van der Waals surface area contributed by atoms with E-state index in [9.17, 15) is 9.59 Å². The monoisotopic (exact) mass is 240 g/mol. The van der Waals surface area contributed by atoms with E-state index in [0.29, 0.717) is 12.8 Å². The van der Waals surface area contributed by atoms with E-state index in [-0.39, 0.29) is 11.7 Å². The molecular weight excluding hydrogens is 216 g/mol. The normalized spacial score (nSPS) is 18.2. The summed E-state index contributed by atoms with van der Waals surface area (Å²) in [5, 5.41) is 0. The smallest absolute Gasteiger partial charge is 0.222 e. The lowest BCUT2D eigenvalue weighted by atomic mass is 9.85. The Morgan fingerprint density at radius 2 is 1.76 bits per heavy atom. The van der Waals surface area contributed by atoms with E-state index in [1.165, 1.54) is 0 Å². The Balaban J connectivity index is 2.35. The van der Waals surface area contributed by atoms with Gasteiger partial charge in [0.1, 0.15) is 0 Å². The third-order valence-electron chi connectivity index (χ3n) is 3.20. The Labute approximate surface area is 104 Å². The fourth-order valence-electron chi connectivity index (χ4n) is 2.09. The van der Waals surface area contributed by atoms with Gasteiger partial charge in [0, 0.05) is 24.9 Å². The number of carbonyl (C=O) groups is 2. The minimum absolute atomic E-state index is 0.0340. The van der Waals surface area contributed by atoms with Crippen LogP contribution in [0.4, 0.5) is 0 Å². The van der Waals surface area contributed by atoms with E-state index in [1.54, 1.807) is 0 Å². The summed E-state index contributed by atoms with van der Waals surface area (Å²) in [6.07, 6.45) is 3.05. The van der Waals surface area contributed by atoms with Gasteiger partial charge in [-0.15, -0.1) is 0 Å². The van der Waals surface area contributed by atoms with Gasteiger partial charge in [-0.25, -0.2) is 0 Å². The second-order valence-corrected chi connectivity index (χ2v) is 5.85. The lowest BCUT2D eigenvalue weighted by Gasteiger charge is -2.22. The molecule has 1 unspecified atom stereocenters. The number of nitrogens with two attached hydrogens (primary N) is 1. The van der Waals surface area contributed by atoms with Crippen LogP contribution in [0.2, 0.25) is 0 Å². The Kier molecular flexibility index (Phi) is 4.69. The summed E-state index contributed by atoms with van der Waals surface area (Å²) in [5.41, 5.74) is 5.41. The van der Waals surface area contributed by atoms with Crippen LogP contribution in [0.3, 0.4) is 0 Å². The molecule has 0 aromatic carbocycles. The molecule has 0 aromatic rings. The average Bonchev–Trinajstić information content (AvgIpc) is 2.76. The zero-order valence-corrected chi connectivity index (χ0v) is 11.2. The molecule has 0 aromatic heterocycles. The molecule has 1 amide bonds. The van der Waals surface area contributed by atoms with Gasteiger partial charge in [-0.3, -0.25) is 9.59 Å². The molecule has 0 spiro atoms. The van der Waals surface area contributed by atoms with E-state index >= 15 is 0 Å². The molecule has 2 N–H and O–H groups in total. The van der Waals surface area contributed by atoms with Crippen molar-refractivity contribution < 1.29 is 9.59 Å². The molecule has 98 valence electrons. The van der Waals surface area contributed by atoms with Gasteiger partial charge in [-0.2, -0.15) is 0 Å². The molecule has 4 nitrogen and oxygen atoms in total. The van der Waals surface area contributed by atoms with Crippen LogP contribution in [-0.4, -0.2) is 35.7 Å². The van der Waals surface area contributed by atoms with Crippen molar-refractivity contribution >= 4 is 11.7 Å². The van der Waals surface area contributed by atoms with Crippen molar-refractivity contribution in [3.63, 3.8) is 0 Å². The van der Waals surface area contributed by atoms with Crippen LogP contribution >= 0.6 is 0 Å². The largest absolute Gasteiger partial charge is 0.343 e. The molecule has 1 fully saturated rings. The fourth-order valence-corrected chi connectivity index (χ4v) is 2.09. The molecule has 1 heterocycles. The molecule has 1 rings (SSSR count). The number of ketones is 1. The molecule has 1 atom stereocenters. The number of hydrogen-bond donors (Lipinski definition) is 1. The van der Waals surface area contributed by atoms with Crippen LogP contribution in [0, 0.1) is 5.41 Å². The number of nitrogens with zero attached hydrogens (tertiary/aromatic N) is 1. The summed E-state index contributed by atoms with van der Waals surface area (Å²) in [6.45, 7) is 7.30. The predicted molar refractivity (Wildman–Crippen MR) is 67.5 cm³/mol. The third kappa shape index (κ3) is 4.11. The first-order valence-electron chi connectivity index (χ1n) is 6.40. The van der Waals surface area contributed by atoms with E-state index in [4.69, 9.17) is 5.73 Å². The molecule has 1 aliphatic heterocycles. The van der Waals surface area contributed by atoms with Crippen LogP contribution in [0.5, 0.6) is 0 Å². The summed E-state index contributed by atoms with van der Waals surface area (Å²) in [5.74, 6) is 0.173. The molecular formula is C13H24N2O2. The number of hydrogen-bond acceptors (Lipinski definition) is 3. The van der Waals surface area contributed by atoms with Crippen LogP contribution < -0.4 is 5.73 Å². The lowest BCUT2D eigenvalue weighted by molar-refractivity contribution is -0.131. The Morgan fingerprint density at radius 3 is 2.24 bits per heavy atom. The first kappa shape index (κ1) is 14.2. The first-order valence-corrected chi connectivity index (χ1v) is 6.40. The molecule has 4 heteroatoms. The highest BCUT2D eigenvalue weighted by molar-refractivity contribution is 5.89. The van der Waals surface area contributed by atoms with Gasteiger partial charge in [0.25, 0.3) is 0 Å². The Morgan fingerprint density at radius 1 is 1.24 bits per heavy atom. The zero-order chi connectivity index (χ0) is 13.1.